The zero-order valence-electron chi connectivity index (χ0n) is 8.97. The van der Waals surface area contributed by atoms with Crippen molar-refractivity contribution < 1.29 is 14.5 Å². The van der Waals surface area contributed by atoms with Gasteiger partial charge in [-0.25, -0.2) is 0 Å². The number of nitro groups is 1. The van der Waals surface area contributed by atoms with Gasteiger partial charge in [-0.2, -0.15) is 0 Å². The third-order valence-corrected chi connectivity index (χ3v) is 2.07. The number of nitrogens with zero attached hydrogens (tertiary/aromatic N) is 1. The molecule has 0 saturated heterocycles. The van der Waals surface area contributed by atoms with Crippen molar-refractivity contribution in [2.45, 2.75) is 20.0 Å². The first-order valence-electron chi connectivity index (χ1n) is 4.63. The Balaban J connectivity index is 2.91. The van der Waals surface area contributed by atoms with Gasteiger partial charge in [-0.1, -0.05) is 0 Å². The van der Waals surface area contributed by atoms with E-state index in [-0.39, 0.29) is 5.69 Å². The lowest BCUT2D eigenvalue weighted by molar-refractivity contribution is -0.384. The zero-order chi connectivity index (χ0) is 12.3. The Morgan fingerprint density at radius 3 is 2.62 bits per heavy atom. The summed E-state index contributed by atoms with van der Waals surface area (Å²) in [5.41, 5.74) is 5.61. The second-order valence-corrected chi connectivity index (χ2v) is 3.37. The van der Waals surface area contributed by atoms with E-state index in [1.165, 1.54) is 25.1 Å². The molecule has 1 rings (SSSR count). The minimum absolute atomic E-state index is 0.0171. The fraction of sp³-hybridized carbons (Fsp3) is 0.300. The molecule has 0 aliphatic carbocycles. The van der Waals surface area contributed by atoms with Crippen LogP contribution in [0.15, 0.2) is 18.2 Å². The number of nitro benzene ring substituents is 1. The smallest absolute Gasteiger partial charge is 0.269 e. The second kappa shape index (κ2) is 4.61. The fourth-order valence-electron chi connectivity index (χ4n) is 1.13. The molecule has 1 unspecified atom stereocenters. The molecule has 1 aromatic carbocycles. The number of carbonyl (C=O) groups is 1. The van der Waals surface area contributed by atoms with E-state index in [0.717, 1.165) is 0 Å². The summed E-state index contributed by atoms with van der Waals surface area (Å²) in [6.07, 6.45) is -0.764. The third kappa shape index (κ3) is 2.69. The van der Waals surface area contributed by atoms with E-state index >= 15 is 0 Å². The summed E-state index contributed by atoms with van der Waals surface area (Å²) in [4.78, 5) is 20.8. The number of hydrogen-bond acceptors (Lipinski definition) is 4. The van der Waals surface area contributed by atoms with Crippen LogP contribution in [-0.4, -0.2) is 16.9 Å². The third-order valence-electron chi connectivity index (χ3n) is 2.07. The van der Waals surface area contributed by atoms with E-state index in [0.29, 0.717) is 11.3 Å². The normalized spacial score (nSPS) is 11.9. The average Bonchev–Trinajstić information content (AvgIpc) is 2.20. The van der Waals surface area contributed by atoms with Gasteiger partial charge < -0.3 is 10.5 Å². The number of amides is 1. The lowest BCUT2D eigenvalue weighted by Crippen LogP contribution is -2.30. The number of carbonyl (C=O) groups excluding carboxylic acids is 1. The SMILES string of the molecule is Cc1cc([N+](=O)[O-])ccc1OC(C)C(N)=O. The molecule has 0 aliphatic heterocycles. The van der Waals surface area contributed by atoms with E-state index in [9.17, 15) is 14.9 Å². The molecule has 16 heavy (non-hydrogen) atoms. The first kappa shape index (κ1) is 12.0. The van der Waals surface area contributed by atoms with Crippen LogP contribution >= 0.6 is 0 Å². The van der Waals surface area contributed by atoms with E-state index in [2.05, 4.69) is 0 Å². The standard InChI is InChI=1S/C10H12N2O4/c1-6-5-8(12(14)15)3-4-9(6)16-7(2)10(11)13/h3-5,7H,1-2H3,(H2,11,13). The minimum atomic E-state index is -0.764. The summed E-state index contributed by atoms with van der Waals surface area (Å²) < 4.78 is 5.24. The highest BCUT2D eigenvalue weighted by Gasteiger charge is 2.14. The lowest BCUT2D eigenvalue weighted by atomic mass is 10.2. The van der Waals surface area contributed by atoms with Crippen LogP contribution in [0.3, 0.4) is 0 Å². The molecule has 0 bridgehead atoms. The first-order valence-corrected chi connectivity index (χ1v) is 4.63. The Kier molecular flexibility index (Phi) is 3.44. The van der Waals surface area contributed by atoms with Gasteiger partial charge in [0.1, 0.15) is 5.75 Å². The van der Waals surface area contributed by atoms with Crippen molar-refractivity contribution in [1.29, 1.82) is 0 Å². The van der Waals surface area contributed by atoms with Crippen LogP contribution in [0.5, 0.6) is 5.75 Å². The maximum absolute atomic E-state index is 10.8. The molecule has 86 valence electrons. The highest BCUT2D eigenvalue weighted by molar-refractivity contribution is 5.78. The molecule has 0 fully saturated rings. The van der Waals surface area contributed by atoms with Crippen LogP contribution in [-0.2, 0) is 4.79 Å². The van der Waals surface area contributed by atoms with Gasteiger partial charge in [0.05, 0.1) is 4.92 Å². The molecule has 0 aromatic heterocycles. The lowest BCUT2D eigenvalue weighted by Gasteiger charge is -2.12. The topological polar surface area (TPSA) is 95.5 Å². The second-order valence-electron chi connectivity index (χ2n) is 3.37. The summed E-state index contributed by atoms with van der Waals surface area (Å²) in [6, 6.07) is 4.14. The molecule has 1 amide bonds. The Bertz CT molecular complexity index is 431. The van der Waals surface area contributed by atoms with Gasteiger partial charge in [0.25, 0.3) is 11.6 Å². The molecule has 1 aromatic rings. The number of primary amides is 1. The van der Waals surface area contributed by atoms with E-state index in [4.69, 9.17) is 10.5 Å². The number of aryl methyl sites for hydroxylation is 1. The number of ether oxygens (including phenoxy) is 1. The van der Waals surface area contributed by atoms with Gasteiger partial charge in [-0.05, 0) is 25.5 Å². The van der Waals surface area contributed by atoms with Crippen LogP contribution in [0.4, 0.5) is 5.69 Å². The largest absolute Gasteiger partial charge is 0.481 e. The van der Waals surface area contributed by atoms with Gasteiger partial charge in [0.15, 0.2) is 6.10 Å². The Morgan fingerprint density at radius 1 is 1.56 bits per heavy atom. The van der Waals surface area contributed by atoms with E-state index in [1.54, 1.807) is 6.92 Å². The van der Waals surface area contributed by atoms with Crippen molar-refractivity contribution in [2.75, 3.05) is 0 Å². The monoisotopic (exact) mass is 224 g/mol. The van der Waals surface area contributed by atoms with Gasteiger partial charge >= 0.3 is 0 Å². The molecule has 0 spiro atoms. The maximum Gasteiger partial charge on any atom is 0.269 e. The van der Waals surface area contributed by atoms with Crippen molar-refractivity contribution in [3.8, 4) is 5.75 Å². The number of benzene rings is 1. The van der Waals surface area contributed by atoms with Crippen LogP contribution in [0.1, 0.15) is 12.5 Å². The van der Waals surface area contributed by atoms with Crippen molar-refractivity contribution in [3.05, 3.63) is 33.9 Å². The molecular weight excluding hydrogens is 212 g/mol. The zero-order valence-corrected chi connectivity index (χ0v) is 8.97. The molecule has 0 heterocycles. The fourth-order valence-corrected chi connectivity index (χ4v) is 1.13. The molecule has 1 atom stereocenters. The molecule has 0 radical (unpaired) electrons. The number of hydrogen-bond donors (Lipinski definition) is 1. The molecule has 2 N–H and O–H groups in total. The molecule has 6 nitrogen and oxygen atoms in total. The predicted molar refractivity (Wildman–Crippen MR) is 57.1 cm³/mol. The number of non-ortho nitro benzene ring substituents is 1. The number of nitrogens with two attached hydrogens (primary N) is 1. The Morgan fingerprint density at radius 2 is 2.19 bits per heavy atom. The van der Waals surface area contributed by atoms with Crippen molar-refractivity contribution >= 4 is 11.6 Å². The van der Waals surface area contributed by atoms with Crippen molar-refractivity contribution in [3.63, 3.8) is 0 Å². The highest BCUT2D eigenvalue weighted by atomic mass is 16.6. The summed E-state index contributed by atoms with van der Waals surface area (Å²) in [7, 11) is 0. The van der Waals surface area contributed by atoms with Gasteiger partial charge in [0.2, 0.25) is 0 Å². The van der Waals surface area contributed by atoms with Crippen LogP contribution < -0.4 is 10.5 Å². The van der Waals surface area contributed by atoms with E-state index < -0.39 is 16.9 Å². The number of rotatable bonds is 4. The first-order chi connectivity index (χ1) is 7.41. The summed E-state index contributed by atoms with van der Waals surface area (Å²) >= 11 is 0. The quantitative estimate of drug-likeness (QED) is 0.613. The molecule has 6 heteroatoms. The van der Waals surface area contributed by atoms with Crippen molar-refractivity contribution in [2.24, 2.45) is 5.73 Å². The van der Waals surface area contributed by atoms with Gasteiger partial charge in [-0.3, -0.25) is 14.9 Å². The minimum Gasteiger partial charge on any atom is -0.481 e. The summed E-state index contributed by atoms with van der Waals surface area (Å²) in [5.74, 6) is -0.172. The Labute approximate surface area is 92.2 Å². The maximum atomic E-state index is 10.8. The Hall–Kier alpha value is -2.11. The van der Waals surface area contributed by atoms with Crippen LogP contribution in [0.2, 0.25) is 0 Å². The molecule has 0 saturated carbocycles. The highest BCUT2D eigenvalue weighted by Crippen LogP contribution is 2.23. The molecular formula is C10H12N2O4. The van der Waals surface area contributed by atoms with Gasteiger partial charge in [0, 0.05) is 12.1 Å². The summed E-state index contributed by atoms with van der Waals surface area (Å²) in [6.45, 7) is 3.18. The van der Waals surface area contributed by atoms with Crippen LogP contribution in [0.25, 0.3) is 0 Å². The van der Waals surface area contributed by atoms with Gasteiger partial charge in [-0.15, -0.1) is 0 Å². The summed E-state index contributed by atoms with van der Waals surface area (Å²) in [5, 5.41) is 10.5. The van der Waals surface area contributed by atoms with Crippen molar-refractivity contribution in [1.82, 2.24) is 0 Å². The van der Waals surface area contributed by atoms with E-state index in [1.807, 2.05) is 0 Å². The average molecular weight is 224 g/mol. The van der Waals surface area contributed by atoms with Crippen LogP contribution in [0, 0.1) is 17.0 Å². The predicted octanol–water partition coefficient (Wildman–Crippen LogP) is 1.16. The molecule has 0 aliphatic rings.